The van der Waals surface area contributed by atoms with Crippen molar-refractivity contribution in [1.29, 1.82) is 0 Å². The van der Waals surface area contributed by atoms with Crippen molar-refractivity contribution in [3.8, 4) is 28.5 Å². The molecule has 2 aliphatic rings. The van der Waals surface area contributed by atoms with E-state index in [1.165, 1.54) is 0 Å². The predicted molar refractivity (Wildman–Crippen MR) is 77.8 cm³/mol. The first-order chi connectivity index (χ1) is 10.7. The molecule has 2 aliphatic heterocycles. The molecule has 0 saturated carbocycles. The van der Waals surface area contributed by atoms with Crippen LogP contribution in [0.2, 0.25) is 0 Å². The van der Waals surface area contributed by atoms with Crippen LogP contribution in [0, 0.1) is 0 Å². The van der Waals surface area contributed by atoms with E-state index in [1.807, 2.05) is 30.3 Å². The number of hydrogen-bond donors (Lipinski definition) is 0. The fraction of sp³-hybridized carbons (Fsp3) is 0.250. The first-order valence-electron chi connectivity index (χ1n) is 6.97. The van der Waals surface area contributed by atoms with Crippen molar-refractivity contribution in [2.45, 2.75) is 6.54 Å². The number of nitrogens with zero attached hydrogens (tertiary/aromatic N) is 2. The van der Waals surface area contributed by atoms with Gasteiger partial charge in [0.05, 0.1) is 12.2 Å². The Labute approximate surface area is 127 Å². The van der Waals surface area contributed by atoms with Crippen molar-refractivity contribution in [3.63, 3.8) is 0 Å². The topological polar surface area (TPSA) is 60.9 Å². The summed E-state index contributed by atoms with van der Waals surface area (Å²) in [5.74, 6) is 2.06. The number of aromatic nitrogens is 1. The Morgan fingerprint density at radius 2 is 1.86 bits per heavy atom. The molecule has 1 aromatic heterocycles. The molecule has 0 fully saturated rings. The molecule has 112 valence electrons. The van der Waals surface area contributed by atoms with Crippen molar-refractivity contribution < 1.29 is 19.0 Å². The Bertz CT molecular complexity index is 760. The Hall–Kier alpha value is -2.76. The summed E-state index contributed by atoms with van der Waals surface area (Å²) >= 11 is 0. The van der Waals surface area contributed by atoms with Gasteiger partial charge in [0.15, 0.2) is 18.1 Å². The highest BCUT2D eigenvalue weighted by Gasteiger charge is 2.20. The van der Waals surface area contributed by atoms with E-state index in [4.69, 9.17) is 14.2 Å². The van der Waals surface area contributed by atoms with E-state index < -0.39 is 0 Å². The molecule has 1 amide bonds. The maximum absolute atomic E-state index is 11.7. The molecule has 6 heteroatoms. The third-order valence-electron chi connectivity index (χ3n) is 3.76. The number of ether oxygens (including phenoxy) is 3. The zero-order valence-corrected chi connectivity index (χ0v) is 12.0. The number of benzene rings is 1. The van der Waals surface area contributed by atoms with Gasteiger partial charge in [0.1, 0.15) is 11.4 Å². The van der Waals surface area contributed by atoms with E-state index in [1.54, 1.807) is 11.9 Å². The molecule has 0 atom stereocenters. The highest BCUT2D eigenvalue weighted by molar-refractivity contribution is 5.78. The van der Waals surface area contributed by atoms with Crippen molar-refractivity contribution in [2.24, 2.45) is 0 Å². The fourth-order valence-corrected chi connectivity index (χ4v) is 2.51. The number of rotatable bonds is 1. The van der Waals surface area contributed by atoms with Gasteiger partial charge >= 0.3 is 0 Å². The molecule has 2 aromatic rings. The zero-order chi connectivity index (χ0) is 15.1. The molecule has 6 nitrogen and oxygen atoms in total. The SMILES string of the molecule is CN1Cc2nc(-c3ccc4c(c3)OCO4)ccc2OCC1=O. The number of fused-ring (bicyclic) bond motifs is 2. The maximum Gasteiger partial charge on any atom is 0.260 e. The number of likely N-dealkylation sites (N-methyl/N-ethyl adjacent to an activating group) is 1. The summed E-state index contributed by atoms with van der Waals surface area (Å²) in [5.41, 5.74) is 2.50. The van der Waals surface area contributed by atoms with Crippen LogP contribution < -0.4 is 14.2 Å². The van der Waals surface area contributed by atoms with Gasteiger partial charge in [-0.05, 0) is 30.3 Å². The van der Waals surface area contributed by atoms with Gasteiger partial charge in [-0.2, -0.15) is 0 Å². The van der Waals surface area contributed by atoms with Crippen molar-refractivity contribution in [1.82, 2.24) is 9.88 Å². The Morgan fingerprint density at radius 1 is 1.05 bits per heavy atom. The first kappa shape index (κ1) is 12.9. The average Bonchev–Trinajstić information content (AvgIpc) is 2.95. The second-order valence-corrected chi connectivity index (χ2v) is 5.25. The summed E-state index contributed by atoms with van der Waals surface area (Å²) in [6.45, 7) is 0.734. The van der Waals surface area contributed by atoms with Crippen molar-refractivity contribution in [3.05, 3.63) is 36.0 Å². The molecule has 0 radical (unpaired) electrons. The van der Waals surface area contributed by atoms with Crippen LogP contribution in [0.3, 0.4) is 0 Å². The summed E-state index contributed by atoms with van der Waals surface area (Å²) in [6.07, 6.45) is 0. The van der Waals surface area contributed by atoms with Gasteiger partial charge < -0.3 is 19.1 Å². The van der Waals surface area contributed by atoms with Gasteiger partial charge in [0.25, 0.3) is 5.91 Å². The van der Waals surface area contributed by atoms with Crippen LogP contribution in [0.5, 0.6) is 17.2 Å². The predicted octanol–water partition coefficient (Wildman–Crippen LogP) is 1.83. The normalized spacial score (nSPS) is 16.0. The third kappa shape index (κ3) is 2.13. The Balaban J connectivity index is 1.72. The van der Waals surface area contributed by atoms with E-state index in [0.717, 1.165) is 28.5 Å². The molecule has 3 heterocycles. The molecule has 0 spiro atoms. The highest BCUT2D eigenvalue weighted by Crippen LogP contribution is 2.36. The lowest BCUT2D eigenvalue weighted by Gasteiger charge is -2.12. The minimum Gasteiger partial charge on any atom is -0.482 e. The molecular formula is C16H14N2O4. The van der Waals surface area contributed by atoms with Crippen LogP contribution >= 0.6 is 0 Å². The van der Waals surface area contributed by atoms with E-state index in [9.17, 15) is 4.79 Å². The van der Waals surface area contributed by atoms with Crippen LogP contribution in [-0.4, -0.2) is 36.2 Å². The Kier molecular flexibility index (Phi) is 2.89. The summed E-state index contributed by atoms with van der Waals surface area (Å²) < 4.78 is 16.2. The lowest BCUT2D eigenvalue weighted by molar-refractivity contribution is -0.131. The lowest BCUT2D eigenvalue weighted by atomic mass is 10.1. The third-order valence-corrected chi connectivity index (χ3v) is 3.76. The summed E-state index contributed by atoms with van der Waals surface area (Å²) in [7, 11) is 1.75. The molecule has 0 saturated heterocycles. The van der Waals surface area contributed by atoms with E-state index in [0.29, 0.717) is 12.3 Å². The quantitative estimate of drug-likeness (QED) is 0.804. The second-order valence-electron chi connectivity index (χ2n) is 5.25. The largest absolute Gasteiger partial charge is 0.482 e. The van der Waals surface area contributed by atoms with Gasteiger partial charge in [-0.1, -0.05) is 0 Å². The summed E-state index contributed by atoms with van der Waals surface area (Å²) in [6, 6.07) is 9.45. The molecule has 0 aliphatic carbocycles. The fourth-order valence-electron chi connectivity index (χ4n) is 2.51. The molecule has 0 bridgehead atoms. The van der Waals surface area contributed by atoms with Gasteiger partial charge in [0, 0.05) is 12.6 Å². The smallest absolute Gasteiger partial charge is 0.260 e. The van der Waals surface area contributed by atoms with Crippen LogP contribution in [0.1, 0.15) is 5.69 Å². The number of hydrogen-bond acceptors (Lipinski definition) is 5. The van der Waals surface area contributed by atoms with Crippen LogP contribution in [-0.2, 0) is 11.3 Å². The monoisotopic (exact) mass is 298 g/mol. The van der Waals surface area contributed by atoms with Gasteiger partial charge in [-0.15, -0.1) is 0 Å². The number of carbonyl (C=O) groups excluding carboxylic acids is 1. The first-order valence-corrected chi connectivity index (χ1v) is 6.97. The molecule has 0 unspecified atom stereocenters. The van der Waals surface area contributed by atoms with E-state index >= 15 is 0 Å². The average molecular weight is 298 g/mol. The lowest BCUT2D eigenvalue weighted by Crippen LogP contribution is -2.28. The minimum atomic E-state index is -0.0531. The van der Waals surface area contributed by atoms with E-state index in [-0.39, 0.29) is 19.3 Å². The molecule has 22 heavy (non-hydrogen) atoms. The molecule has 1 aromatic carbocycles. The molecule has 4 rings (SSSR count). The zero-order valence-electron chi connectivity index (χ0n) is 12.0. The summed E-state index contributed by atoms with van der Waals surface area (Å²) in [5, 5.41) is 0. The molecule has 0 N–H and O–H groups in total. The number of carbonyl (C=O) groups is 1. The Morgan fingerprint density at radius 3 is 2.77 bits per heavy atom. The van der Waals surface area contributed by atoms with Gasteiger partial charge in [0.2, 0.25) is 6.79 Å². The van der Waals surface area contributed by atoms with Crippen molar-refractivity contribution >= 4 is 5.91 Å². The maximum atomic E-state index is 11.7. The van der Waals surface area contributed by atoms with Crippen LogP contribution in [0.25, 0.3) is 11.3 Å². The second kappa shape index (κ2) is 4.91. The molecular weight excluding hydrogens is 284 g/mol. The van der Waals surface area contributed by atoms with Crippen LogP contribution in [0.4, 0.5) is 0 Å². The number of pyridine rings is 1. The van der Waals surface area contributed by atoms with Crippen LogP contribution in [0.15, 0.2) is 30.3 Å². The van der Waals surface area contributed by atoms with Crippen molar-refractivity contribution in [2.75, 3.05) is 20.4 Å². The van der Waals surface area contributed by atoms with Gasteiger partial charge in [-0.3, -0.25) is 4.79 Å². The highest BCUT2D eigenvalue weighted by atomic mass is 16.7. The number of amides is 1. The standard InChI is InChI=1S/C16H14N2O4/c1-18-7-12-13(20-8-16(18)19)5-3-11(17-12)10-2-4-14-15(6-10)22-9-21-14/h2-6H,7-9H2,1H3. The summed E-state index contributed by atoms with van der Waals surface area (Å²) in [4.78, 5) is 18.0. The van der Waals surface area contributed by atoms with Gasteiger partial charge in [-0.25, -0.2) is 4.98 Å². The van der Waals surface area contributed by atoms with E-state index in [2.05, 4.69) is 4.98 Å². The minimum absolute atomic E-state index is 0.0501.